The largest absolute Gasteiger partial charge is 0.310 e. The average Bonchev–Trinajstić information content (AvgIpc) is 3.70. The number of hydrogen-bond donors (Lipinski definition) is 0. The quantitative estimate of drug-likeness (QED) is 0.148. The summed E-state index contributed by atoms with van der Waals surface area (Å²) < 4.78 is 2.45. The van der Waals surface area contributed by atoms with Crippen LogP contribution in [0.25, 0.3) is 93.5 Å². The first kappa shape index (κ1) is 37.3. The molecule has 2 heteroatoms. The number of para-hydroxylation sites is 2. The van der Waals surface area contributed by atoms with Gasteiger partial charge in [-0.25, -0.2) is 0 Å². The molecular formula is C62H42N2. The Kier molecular flexibility index (Phi) is 9.20. The van der Waals surface area contributed by atoms with Gasteiger partial charge in [-0.2, -0.15) is 0 Å². The standard InChI is InChI=1S/C62H42N2/c1-3-17-43(18-4-1)49-37-50(58-31-16-22-45-20-9-10-27-55(45)58)41-54(40-49)64-61-32-14-13-30-59(61)60-42-48(34-36-62(60)64)57-29-12-11-28-56(57)47-23-15-26-52(39-47)63(51-24-5-2-6-25-51)53-35-33-44-19-7-8-21-46(44)38-53/h1-42H. The van der Waals surface area contributed by atoms with Crippen molar-refractivity contribution in [3.63, 3.8) is 0 Å². The topological polar surface area (TPSA) is 8.17 Å². The Labute approximate surface area is 373 Å². The zero-order chi connectivity index (χ0) is 42.4. The highest BCUT2D eigenvalue weighted by Gasteiger charge is 2.19. The number of fused-ring (bicyclic) bond motifs is 5. The number of nitrogens with zero attached hydrogens (tertiary/aromatic N) is 2. The Morgan fingerprint density at radius 3 is 1.64 bits per heavy atom. The summed E-state index contributed by atoms with van der Waals surface area (Å²) in [4.78, 5) is 2.36. The summed E-state index contributed by atoms with van der Waals surface area (Å²) >= 11 is 0. The molecule has 2 nitrogen and oxygen atoms in total. The molecule has 0 aliphatic rings. The molecule has 0 unspecified atom stereocenters. The van der Waals surface area contributed by atoms with E-state index in [4.69, 9.17) is 0 Å². The van der Waals surface area contributed by atoms with Gasteiger partial charge in [0.2, 0.25) is 0 Å². The monoisotopic (exact) mass is 814 g/mol. The molecule has 0 radical (unpaired) electrons. The lowest BCUT2D eigenvalue weighted by Gasteiger charge is -2.26. The van der Waals surface area contributed by atoms with Gasteiger partial charge in [0.15, 0.2) is 0 Å². The lowest BCUT2D eigenvalue weighted by atomic mass is 9.93. The Morgan fingerprint density at radius 2 is 0.812 bits per heavy atom. The van der Waals surface area contributed by atoms with E-state index in [0.29, 0.717) is 0 Å². The number of benzene rings is 11. The first-order chi connectivity index (χ1) is 31.7. The number of aromatic nitrogens is 1. The van der Waals surface area contributed by atoms with E-state index in [1.807, 2.05) is 0 Å². The van der Waals surface area contributed by atoms with Crippen LogP contribution in [-0.2, 0) is 0 Å². The fourth-order valence-electron chi connectivity index (χ4n) is 9.73. The highest BCUT2D eigenvalue weighted by Crippen LogP contribution is 2.43. The molecule has 1 aromatic heterocycles. The zero-order valence-corrected chi connectivity index (χ0v) is 35.1. The second-order valence-corrected chi connectivity index (χ2v) is 16.5. The van der Waals surface area contributed by atoms with Crippen LogP contribution >= 0.6 is 0 Å². The summed E-state index contributed by atoms with van der Waals surface area (Å²) in [7, 11) is 0. The lowest BCUT2D eigenvalue weighted by molar-refractivity contribution is 1.18. The van der Waals surface area contributed by atoms with Gasteiger partial charge in [0.1, 0.15) is 0 Å². The zero-order valence-electron chi connectivity index (χ0n) is 35.1. The van der Waals surface area contributed by atoms with Crippen LogP contribution in [-0.4, -0.2) is 4.57 Å². The molecule has 12 rings (SSSR count). The summed E-state index contributed by atoms with van der Waals surface area (Å²) in [6.07, 6.45) is 0. The minimum atomic E-state index is 1.10. The molecule has 0 N–H and O–H groups in total. The van der Waals surface area contributed by atoms with Crippen molar-refractivity contribution >= 4 is 60.4 Å². The first-order valence-corrected chi connectivity index (χ1v) is 22.0. The van der Waals surface area contributed by atoms with E-state index in [2.05, 4.69) is 264 Å². The molecule has 0 amide bonds. The van der Waals surface area contributed by atoms with E-state index in [1.165, 1.54) is 82.3 Å². The van der Waals surface area contributed by atoms with E-state index < -0.39 is 0 Å². The van der Waals surface area contributed by atoms with E-state index >= 15 is 0 Å². The van der Waals surface area contributed by atoms with Crippen LogP contribution in [0.1, 0.15) is 0 Å². The van der Waals surface area contributed by atoms with Crippen LogP contribution in [0, 0.1) is 0 Å². The number of hydrogen-bond acceptors (Lipinski definition) is 1. The van der Waals surface area contributed by atoms with Gasteiger partial charge in [-0.1, -0.05) is 182 Å². The van der Waals surface area contributed by atoms with Crippen LogP contribution in [0.4, 0.5) is 17.1 Å². The second kappa shape index (κ2) is 15.8. The Hall–Kier alpha value is -8.46. The third-order valence-corrected chi connectivity index (χ3v) is 12.7. The molecular weight excluding hydrogens is 773 g/mol. The van der Waals surface area contributed by atoms with E-state index in [1.54, 1.807) is 0 Å². The van der Waals surface area contributed by atoms with Crippen molar-refractivity contribution in [1.82, 2.24) is 4.57 Å². The first-order valence-electron chi connectivity index (χ1n) is 22.0. The molecule has 64 heavy (non-hydrogen) atoms. The summed E-state index contributed by atoms with van der Waals surface area (Å²) in [6, 6.07) is 92.8. The molecule has 0 aliphatic heterocycles. The molecule has 11 aromatic carbocycles. The van der Waals surface area contributed by atoms with E-state index in [0.717, 1.165) is 28.3 Å². The van der Waals surface area contributed by atoms with Crippen LogP contribution in [0.15, 0.2) is 255 Å². The van der Waals surface area contributed by atoms with Crippen LogP contribution in [0.3, 0.4) is 0 Å². The summed E-state index contributed by atoms with van der Waals surface area (Å²) in [5.74, 6) is 0. The fourth-order valence-corrected chi connectivity index (χ4v) is 9.73. The van der Waals surface area contributed by atoms with Crippen molar-refractivity contribution in [1.29, 1.82) is 0 Å². The third-order valence-electron chi connectivity index (χ3n) is 12.7. The molecule has 0 spiro atoms. The molecule has 300 valence electrons. The smallest absolute Gasteiger partial charge is 0.0541 e. The van der Waals surface area contributed by atoms with Gasteiger partial charge in [-0.05, 0) is 139 Å². The maximum absolute atomic E-state index is 2.45. The summed E-state index contributed by atoms with van der Waals surface area (Å²) in [5.41, 5.74) is 16.4. The molecule has 0 fully saturated rings. The van der Waals surface area contributed by atoms with Gasteiger partial charge in [0.25, 0.3) is 0 Å². The number of anilines is 3. The minimum Gasteiger partial charge on any atom is -0.310 e. The predicted octanol–water partition coefficient (Wildman–Crippen LogP) is 17.2. The Bertz CT molecular complexity index is 3670. The van der Waals surface area contributed by atoms with Crippen LogP contribution in [0.2, 0.25) is 0 Å². The van der Waals surface area contributed by atoms with Crippen LogP contribution in [0.5, 0.6) is 0 Å². The maximum Gasteiger partial charge on any atom is 0.0541 e. The van der Waals surface area contributed by atoms with Crippen molar-refractivity contribution in [3.8, 4) is 50.2 Å². The van der Waals surface area contributed by atoms with Crippen molar-refractivity contribution in [2.75, 3.05) is 4.90 Å². The van der Waals surface area contributed by atoms with Gasteiger partial charge >= 0.3 is 0 Å². The van der Waals surface area contributed by atoms with E-state index in [9.17, 15) is 0 Å². The molecule has 1 heterocycles. The minimum absolute atomic E-state index is 1.10. The van der Waals surface area contributed by atoms with Gasteiger partial charge < -0.3 is 9.47 Å². The normalized spacial score (nSPS) is 11.4. The predicted molar refractivity (Wildman–Crippen MR) is 272 cm³/mol. The van der Waals surface area contributed by atoms with Gasteiger partial charge in [-0.3, -0.25) is 0 Å². The third kappa shape index (κ3) is 6.61. The Morgan fingerprint density at radius 1 is 0.250 bits per heavy atom. The molecule has 0 atom stereocenters. The summed E-state index contributed by atoms with van der Waals surface area (Å²) in [5, 5.41) is 7.38. The van der Waals surface area contributed by atoms with Crippen molar-refractivity contribution in [2.45, 2.75) is 0 Å². The SMILES string of the molecule is c1ccc(-c2cc(-c3cccc4ccccc34)cc(-n3c4ccccc4c4cc(-c5ccccc5-c5cccc(N(c6ccccc6)c6ccc7ccccc7c6)c5)ccc43)c2)cc1. The van der Waals surface area contributed by atoms with Crippen molar-refractivity contribution in [2.24, 2.45) is 0 Å². The average molecular weight is 815 g/mol. The molecule has 0 bridgehead atoms. The van der Waals surface area contributed by atoms with Gasteiger partial charge in [0, 0.05) is 33.5 Å². The fraction of sp³-hybridized carbons (Fsp3) is 0. The highest BCUT2D eigenvalue weighted by atomic mass is 15.1. The Balaban J connectivity index is 1.000. The molecule has 0 saturated heterocycles. The van der Waals surface area contributed by atoms with Crippen molar-refractivity contribution < 1.29 is 0 Å². The van der Waals surface area contributed by atoms with E-state index in [-0.39, 0.29) is 0 Å². The van der Waals surface area contributed by atoms with Crippen molar-refractivity contribution in [3.05, 3.63) is 255 Å². The molecule has 12 aromatic rings. The van der Waals surface area contributed by atoms with Gasteiger partial charge in [0.05, 0.1) is 11.0 Å². The molecule has 0 aliphatic carbocycles. The van der Waals surface area contributed by atoms with Crippen LogP contribution < -0.4 is 4.90 Å². The number of rotatable bonds is 8. The highest BCUT2D eigenvalue weighted by molar-refractivity contribution is 6.11. The maximum atomic E-state index is 2.45. The molecule has 0 saturated carbocycles. The lowest BCUT2D eigenvalue weighted by Crippen LogP contribution is -2.09. The second-order valence-electron chi connectivity index (χ2n) is 16.5. The summed E-state index contributed by atoms with van der Waals surface area (Å²) in [6.45, 7) is 0. The van der Waals surface area contributed by atoms with Gasteiger partial charge in [-0.15, -0.1) is 0 Å².